The Labute approximate surface area is 171 Å². The highest BCUT2D eigenvalue weighted by Gasteiger charge is 2.28. The number of hydrogen-bond donors (Lipinski definition) is 1. The molecule has 0 spiro atoms. The Bertz CT molecular complexity index is 1050. The molecule has 3 rings (SSSR count). The summed E-state index contributed by atoms with van der Waals surface area (Å²) in [6, 6.07) is 4.98. The van der Waals surface area contributed by atoms with Gasteiger partial charge in [0.1, 0.15) is 0 Å². The second-order valence-corrected chi connectivity index (χ2v) is 7.27. The van der Waals surface area contributed by atoms with E-state index in [9.17, 15) is 18.0 Å². The number of halogens is 3. The summed E-state index contributed by atoms with van der Waals surface area (Å²) in [6.45, 7) is 4.35. The highest BCUT2D eigenvalue weighted by molar-refractivity contribution is 5.86. The van der Waals surface area contributed by atoms with Gasteiger partial charge in [-0.25, -0.2) is 4.98 Å². The maximum atomic E-state index is 12.4. The van der Waals surface area contributed by atoms with Crippen molar-refractivity contribution in [1.29, 1.82) is 0 Å². The largest absolute Gasteiger partial charge is 0.468 e. The molecule has 0 aliphatic heterocycles. The summed E-state index contributed by atoms with van der Waals surface area (Å²) < 4.78 is 43.6. The number of aryl methyl sites for hydroxylation is 1. The number of carbonyl (C=O) groups is 1. The van der Waals surface area contributed by atoms with E-state index in [2.05, 4.69) is 20.4 Å². The van der Waals surface area contributed by atoms with E-state index >= 15 is 0 Å². The lowest BCUT2D eigenvalue weighted by Gasteiger charge is -2.10. The summed E-state index contributed by atoms with van der Waals surface area (Å²) in [4.78, 5) is 20.4. The summed E-state index contributed by atoms with van der Waals surface area (Å²) >= 11 is 0. The van der Waals surface area contributed by atoms with Gasteiger partial charge in [0.25, 0.3) is 0 Å². The van der Waals surface area contributed by atoms with Gasteiger partial charge in [-0.2, -0.15) is 18.3 Å². The van der Waals surface area contributed by atoms with Gasteiger partial charge >= 0.3 is 6.18 Å². The molecule has 0 aromatic carbocycles. The number of ether oxygens (including phenoxy) is 1. The van der Waals surface area contributed by atoms with Crippen molar-refractivity contribution in [1.82, 2.24) is 25.1 Å². The number of nitrogens with one attached hydrogen (secondary N) is 1. The molecular weight excluding hydrogens is 399 g/mol. The fraction of sp³-hybridized carbons (Fsp3) is 0.400. The first-order valence-corrected chi connectivity index (χ1v) is 9.36. The minimum Gasteiger partial charge on any atom is -0.468 e. The Kier molecular flexibility index (Phi) is 6.23. The smallest absolute Gasteiger partial charge is 0.422 e. The summed E-state index contributed by atoms with van der Waals surface area (Å²) in [7, 11) is 0. The third-order valence-electron chi connectivity index (χ3n) is 4.06. The van der Waals surface area contributed by atoms with E-state index in [1.54, 1.807) is 36.1 Å². The molecule has 0 unspecified atom stereocenters. The van der Waals surface area contributed by atoms with E-state index in [1.807, 2.05) is 13.8 Å². The molecule has 1 N–H and O–H groups in total. The molecule has 3 aromatic rings. The van der Waals surface area contributed by atoms with Gasteiger partial charge in [-0.3, -0.25) is 14.5 Å². The molecule has 30 heavy (non-hydrogen) atoms. The van der Waals surface area contributed by atoms with Crippen LogP contribution in [0.25, 0.3) is 10.9 Å². The molecule has 10 heteroatoms. The lowest BCUT2D eigenvalue weighted by atomic mass is 10.2. The summed E-state index contributed by atoms with van der Waals surface area (Å²) in [5.74, 6) is -0.222. The Hall–Kier alpha value is -3.17. The van der Waals surface area contributed by atoms with Crippen LogP contribution in [0.2, 0.25) is 0 Å². The Morgan fingerprint density at radius 3 is 2.77 bits per heavy atom. The second-order valence-electron chi connectivity index (χ2n) is 7.27. The zero-order valence-electron chi connectivity index (χ0n) is 16.8. The average Bonchev–Trinajstić information content (AvgIpc) is 3.01. The summed E-state index contributed by atoms with van der Waals surface area (Å²) in [5, 5.41) is 8.06. The monoisotopic (exact) mass is 421 g/mol. The number of aromatic nitrogens is 4. The van der Waals surface area contributed by atoms with Gasteiger partial charge in [-0.05, 0) is 38.5 Å². The Morgan fingerprint density at radius 2 is 2.07 bits per heavy atom. The lowest BCUT2D eigenvalue weighted by molar-refractivity contribution is -0.154. The van der Waals surface area contributed by atoms with Gasteiger partial charge < -0.3 is 10.1 Å². The number of alkyl halides is 3. The van der Waals surface area contributed by atoms with Crippen molar-refractivity contribution >= 4 is 16.8 Å². The molecule has 160 valence electrons. The van der Waals surface area contributed by atoms with Crippen LogP contribution in [0.3, 0.4) is 0 Å². The minimum absolute atomic E-state index is 0.0307. The van der Waals surface area contributed by atoms with Crippen LogP contribution >= 0.6 is 0 Å². The molecular formula is C20H22F3N5O2. The molecule has 3 heterocycles. The van der Waals surface area contributed by atoms with Crippen LogP contribution in [0.4, 0.5) is 13.2 Å². The maximum Gasteiger partial charge on any atom is 0.422 e. The van der Waals surface area contributed by atoms with Crippen molar-refractivity contribution in [3.8, 4) is 5.88 Å². The van der Waals surface area contributed by atoms with Crippen LogP contribution in [0, 0.1) is 6.92 Å². The first-order valence-electron chi connectivity index (χ1n) is 9.36. The van der Waals surface area contributed by atoms with Gasteiger partial charge in [-0.15, -0.1) is 0 Å². The van der Waals surface area contributed by atoms with Crippen molar-refractivity contribution in [2.45, 2.75) is 46.0 Å². The number of fused-ring (bicyclic) bond motifs is 1. The summed E-state index contributed by atoms with van der Waals surface area (Å²) in [5.41, 5.74) is 2.52. The molecule has 0 aliphatic rings. The molecule has 0 saturated heterocycles. The Balaban J connectivity index is 1.80. The summed E-state index contributed by atoms with van der Waals surface area (Å²) in [6.07, 6.45) is -0.939. The minimum atomic E-state index is -4.43. The normalized spacial score (nSPS) is 11.8. The molecule has 1 amide bonds. The zero-order valence-corrected chi connectivity index (χ0v) is 16.8. The first kappa shape index (κ1) is 21.5. The highest BCUT2D eigenvalue weighted by atomic mass is 19.4. The van der Waals surface area contributed by atoms with Crippen molar-refractivity contribution in [2.24, 2.45) is 0 Å². The zero-order chi connectivity index (χ0) is 21.9. The predicted molar refractivity (Wildman–Crippen MR) is 104 cm³/mol. The van der Waals surface area contributed by atoms with Gasteiger partial charge in [-0.1, -0.05) is 0 Å². The molecule has 7 nitrogen and oxygen atoms in total. The lowest BCUT2D eigenvalue weighted by Crippen LogP contribution is -2.31. The van der Waals surface area contributed by atoms with Crippen LogP contribution in [-0.2, 0) is 17.8 Å². The molecule has 0 fully saturated rings. The Morgan fingerprint density at radius 1 is 1.30 bits per heavy atom. The van der Waals surface area contributed by atoms with E-state index in [1.165, 1.54) is 6.07 Å². The van der Waals surface area contributed by atoms with Gasteiger partial charge in [0.15, 0.2) is 6.61 Å². The molecule has 3 aromatic heterocycles. The quantitative estimate of drug-likeness (QED) is 0.634. The van der Waals surface area contributed by atoms with E-state index in [4.69, 9.17) is 4.74 Å². The van der Waals surface area contributed by atoms with Crippen LogP contribution in [-0.4, -0.2) is 44.5 Å². The van der Waals surface area contributed by atoms with Gasteiger partial charge in [0, 0.05) is 35.6 Å². The molecule has 0 bridgehead atoms. The first-order chi connectivity index (χ1) is 14.1. The maximum absolute atomic E-state index is 12.4. The SMILES string of the molecule is Cc1cc(Cn2cc3c(CC(=O)NC(C)C)nccc3n2)cc(OCC(F)(F)F)n1. The standard InChI is InChI=1S/C20H22F3N5O2/c1-12(2)25-18(29)8-17-15-10-28(27-16(15)4-5-24-17)9-14-6-13(3)26-19(7-14)30-11-20(21,22)23/h4-7,10,12H,8-9,11H2,1-3H3,(H,25,29). The van der Waals surface area contributed by atoms with E-state index in [0.29, 0.717) is 29.0 Å². The fourth-order valence-corrected chi connectivity index (χ4v) is 3.01. The molecule has 0 saturated carbocycles. The second kappa shape index (κ2) is 8.68. The van der Waals surface area contributed by atoms with Gasteiger partial charge in [0.05, 0.1) is 24.2 Å². The topological polar surface area (TPSA) is 81.9 Å². The van der Waals surface area contributed by atoms with E-state index in [0.717, 1.165) is 5.39 Å². The van der Waals surface area contributed by atoms with Crippen molar-refractivity contribution in [3.63, 3.8) is 0 Å². The number of carbonyl (C=O) groups excluding carboxylic acids is 1. The number of nitrogens with zero attached hydrogens (tertiary/aromatic N) is 4. The fourth-order valence-electron chi connectivity index (χ4n) is 3.01. The highest BCUT2D eigenvalue weighted by Crippen LogP contribution is 2.20. The van der Waals surface area contributed by atoms with Crippen LogP contribution < -0.4 is 10.1 Å². The van der Waals surface area contributed by atoms with Crippen molar-refractivity contribution < 1.29 is 22.7 Å². The predicted octanol–water partition coefficient (Wildman–Crippen LogP) is 3.19. The number of hydrogen-bond acceptors (Lipinski definition) is 5. The third kappa shape index (κ3) is 5.91. The molecule has 0 radical (unpaired) electrons. The van der Waals surface area contributed by atoms with Crippen LogP contribution in [0.5, 0.6) is 5.88 Å². The molecule has 0 aliphatic carbocycles. The number of pyridine rings is 2. The van der Waals surface area contributed by atoms with Crippen molar-refractivity contribution in [3.05, 3.63) is 47.5 Å². The van der Waals surface area contributed by atoms with Crippen molar-refractivity contribution in [2.75, 3.05) is 6.61 Å². The number of rotatable bonds is 7. The van der Waals surface area contributed by atoms with Crippen LogP contribution in [0.15, 0.2) is 30.6 Å². The molecule has 0 atom stereocenters. The van der Waals surface area contributed by atoms with E-state index < -0.39 is 12.8 Å². The van der Waals surface area contributed by atoms with E-state index in [-0.39, 0.29) is 24.2 Å². The number of amides is 1. The van der Waals surface area contributed by atoms with Crippen LogP contribution in [0.1, 0.15) is 30.8 Å². The third-order valence-corrected chi connectivity index (χ3v) is 4.06. The average molecular weight is 421 g/mol. The van der Waals surface area contributed by atoms with Gasteiger partial charge in [0.2, 0.25) is 11.8 Å².